The Morgan fingerprint density at radius 3 is 2.87 bits per heavy atom. The van der Waals surface area contributed by atoms with Crippen LogP contribution in [-0.2, 0) is 29.2 Å². The van der Waals surface area contributed by atoms with E-state index in [-0.39, 0.29) is 0 Å². The van der Waals surface area contributed by atoms with Gasteiger partial charge in [0.1, 0.15) is 5.69 Å². The van der Waals surface area contributed by atoms with Crippen LogP contribution in [-0.4, -0.2) is 35.3 Å². The van der Waals surface area contributed by atoms with E-state index in [2.05, 4.69) is 10.3 Å². The number of nitrogens with zero attached hydrogens (tertiary/aromatic N) is 3. The lowest BCUT2D eigenvalue weighted by atomic mass is 10.3. The van der Waals surface area contributed by atoms with Gasteiger partial charge in [-0.25, -0.2) is 4.68 Å². The van der Waals surface area contributed by atoms with Crippen molar-refractivity contribution in [1.82, 2.24) is 15.0 Å². The molecule has 0 unspecified atom stereocenters. The minimum Gasteiger partial charge on any atom is -0.380 e. The fourth-order valence-corrected chi connectivity index (χ4v) is 1.30. The van der Waals surface area contributed by atoms with Gasteiger partial charge in [0, 0.05) is 20.3 Å². The number of ether oxygens (including phenoxy) is 2. The number of aromatic nitrogens is 3. The molecule has 0 bridgehead atoms. The Bertz CT molecular complexity index is 288. The summed E-state index contributed by atoms with van der Waals surface area (Å²) >= 11 is 0. The predicted molar refractivity (Wildman–Crippen MR) is 55.1 cm³/mol. The molecule has 0 aliphatic rings. The average molecular weight is 214 g/mol. The first-order chi connectivity index (χ1) is 7.33. The van der Waals surface area contributed by atoms with Gasteiger partial charge in [0.05, 0.1) is 25.5 Å². The summed E-state index contributed by atoms with van der Waals surface area (Å²) in [6.07, 6.45) is 0. The number of rotatable bonds is 7. The number of hydrogen-bond acceptors (Lipinski definition) is 5. The van der Waals surface area contributed by atoms with Crippen molar-refractivity contribution in [2.24, 2.45) is 5.73 Å². The lowest BCUT2D eigenvalue weighted by Crippen LogP contribution is -2.12. The highest BCUT2D eigenvalue weighted by Gasteiger charge is 2.10. The molecule has 2 N–H and O–H groups in total. The van der Waals surface area contributed by atoms with E-state index in [4.69, 9.17) is 15.2 Å². The fourth-order valence-electron chi connectivity index (χ4n) is 1.30. The van der Waals surface area contributed by atoms with Gasteiger partial charge in [-0.2, -0.15) is 0 Å². The van der Waals surface area contributed by atoms with E-state index >= 15 is 0 Å². The molecule has 1 rings (SSSR count). The smallest absolute Gasteiger partial charge is 0.102 e. The molecular formula is C9H18N4O2. The summed E-state index contributed by atoms with van der Waals surface area (Å²) in [5.74, 6) is 0. The Morgan fingerprint density at radius 2 is 2.27 bits per heavy atom. The molecule has 1 aromatic heterocycles. The van der Waals surface area contributed by atoms with E-state index < -0.39 is 0 Å². The number of methoxy groups -OCH3 is 1. The van der Waals surface area contributed by atoms with Gasteiger partial charge in [0.15, 0.2) is 0 Å². The third kappa shape index (κ3) is 3.26. The first-order valence-electron chi connectivity index (χ1n) is 5.01. The Hall–Kier alpha value is -0.980. The average Bonchev–Trinajstić information content (AvgIpc) is 2.62. The summed E-state index contributed by atoms with van der Waals surface area (Å²) in [4.78, 5) is 0. The van der Waals surface area contributed by atoms with E-state index in [1.807, 2.05) is 6.92 Å². The molecule has 0 fully saturated rings. The lowest BCUT2D eigenvalue weighted by molar-refractivity contribution is 0.130. The van der Waals surface area contributed by atoms with Gasteiger partial charge in [-0.15, -0.1) is 5.10 Å². The third-order valence-electron chi connectivity index (χ3n) is 2.04. The molecule has 0 aromatic carbocycles. The minimum absolute atomic E-state index is 0.382. The molecule has 86 valence electrons. The second kappa shape index (κ2) is 6.49. The maximum absolute atomic E-state index is 5.55. The second-order valence-electron chi connectivity index (χ2n) is 3.04. The maximum atomic E-state index is 5.55. The molecular weight excluding hydrogens is 196 g/mol. The van der Waals surface area contributed by atoms with E-state index in [0.717, 1.165) is 11.4 Å². The molecule has 6 nitrogen and oxygen atoms in total. The monoisotopic (exact) mass is 214 g/mol. The van der Waals surface area contributed by atoms with Crippen molar-refractivity contribution in [2.45, 2.75) is 26.6 Å². The predicted octanol–water partition coefficient (Wildman–Crippen LogP) is -0.0803. The SMILES string of the molecule is CCOCCn1nnc(CN)c1COC. The summed E-state index contributed by atoms with van der Waals surface area (Å²) in [6.45, 7) is 4.83. The maximum Gasteiger partial charge on any atom is 0.102 e. The lowest BCUT2D eigenvalue weighted by Gasteiger charge is -2.06. The van der Waals surface area contributed by atoms with Crippen molar-refractivity contribution < 1.29 is 9.47 Å². The molecule has 0 radical (unpaired) electrons. The van der Waals surface area contributed by atoms with Crippen LogP contribution in [0.25, 0.3) is 0 Å². The molecule has 15 heavy (non-hydrogen) atoms. The molecule has 0 aliphatic heterocycles. The zero-order valence-electron chi connectivity index (χ0n) is 9.27. The standard InChI is InChI=1S/C9H18N4O2/c1-3-15-5-4-13-9(7-14-2)8(6-10)11-12-13/h3-7,10H2,1-2H3. The van der Waals surface area contributed by atoms with E-state index in [0.29, 0.717) is 32.9 Å². The molecule has 6 heteroatoms. The highest BCUT2D eigenvalue weighted by molar-refractivity contribution is 5.08. The first-order valence-corrected chi connectivity index (χ1v) is 5.01. The normalized spacial score (nSPS) is 10.9. The van der Waals surface area contributed by atoms with Gasteiger partial charge in [0.2, 0.25) is 0 Å². The van der Waals surface area contributed by atoms with Crippen LogP contribution >= 0.6 is 0 Å². The molecule has 0 amide bonds. The van der Waals surface area contributed by atoms with Gasteiger partial charge < -0.3 is 15.2 Å². The van der Waals surface area contributed by atoms with Crippen LogP contribution in [0, 0.1) is 0 Å². The van der Waals surface area contributed by atoms with Crippen LogP contribution in [0.15, 0.2) is 0 Å². The summed E-state index contributed by atoms with van der Waals surface area (Å²) in [5.41, 5.74) is 7.26. The zero-order chi connectivity index (χ0) is 11.1. The van der Waals surface area contributed by atoms with E-state index in [1.165, 1.54) is 0 Å². The van der Waals surface area contributed by atoms with E-state index in [1.54, 1.807) is 11.8 Å². The van der Waals surface area contributed by atoms with Crippen molar-refractivity contribution in [3.63, 3.8) is 0 Å². The molecule has 0 saturated heterocycles. The van der Waals surface area contributed by atoms with Crippen LogP contribution in [0.3, 0.4) is 0 Å². The van der Waals surface area contributed by atoms with Crippen molar-refractivity contribution >= 4 is 0 Å². The zero-order valence-corrected chi connectivity index (χ0v) is 9.27. The quantitative estimate of drug-likeness (QED) is 0.642. The van der Waals surface area contributed by atoms with Crippen LogP contribution < -0.4 is 5.73 Å². The van der Waals surface area contributed by atoms with Crippen molar-refractivity contribution in [1.29, 1.82) is 0 Å². The summed E-state index contributed by atoms with van der Waals surface area (Å²) < 4.78 is 12.1. The summed E-state index contributed by atoms with van der Waals surface area (Å²) in [6, 6.07) is 0. The molecule has 0 saturated carbocycles. The van der Waals surface area contributed by atoms with Crippen molar-refractivity contribution in [3.05, 3.63) is 11.4 Å². The summed E-state index contributed by atoms with van der Waals surface area (Å²) in [7, 11) is 1.64. The Balaban J connectivity index is 2.64. The Morgan fingerprint density at radius 1 is 1.47 bits per heavy atom. The molecule has 0 spiro atoms. The highest BCUT2D eigenvalue weighted by atomic mass is 16.5. The Kier molecular flexibility index (Phi) is 5.23. The molecule has 1 heterocycles. The Labute approximate surface area is 89.3 Å². The topological polar surface area (TPSA) is 75.2 Å². The fraction of sp³-hybridized carbons (Fsp3) is 0.778. The molecule has 0 atom stereocenters. The van der Waals surface area contributed by atoms with Crippen LogP contribution in [0.1, 0.15) is 18.3 Å². The molecule has 1 aromatic rings. The van der Waals surface area contributed by atoms with Gasteiger partial charge in [-0.05, 0) is 6.92 Å². The highest BCUT2D eigenvalue weighted by Crippen LogP contribution is 2.06. The van der Waals surface area contributed by atoms with Crippen LogP contribution in [0.2, 0.25) is 0 Å². The first kappa shape index (κ1) is 12.1. The second-order valence-corrected chi connectivity index (χ2v) is 3.04. The van der Waals surface area contributed by atoms with E-state index in [9.17, 15) is 0 Å². The molecule has 0 aliphatic carbocycles. The van der Waals surface area contributed by atoms with Crippen molar-refractivity contribution in [2.75, 3.05) is 20.3 Å². The largest absolute Gasteiger partial charge is 0.380 e. The van der Waals surface area contributed by atoms with Crippen LogP contribution in [0.4, 0.5) is 0 Å². The van der Waals surface area contributed by atoms with Crippen LogP contribution in [0.5, 0.6) is 0 Å². The minimum atomic E-state index is 0.382. The third-order valence-corrected chi connectivity index (χ3v) is 2.04. The van der Waals surface area contributed by atoms with Gasteiger partial charge in [-0.3, -0.25) is 0 Å². The van der Waals surface area contributed by atoms with Crippen molar-refractivity contribution in [3.8, 4) is 0 Å². The van der Waals surface area contributed by atoms with Gasteiger partial charge >= 0.3 is 0 Å². The number of nitrogens with two attached hydrogens (primary N) is 1. The van der Waals surface area contributed by atoms with Gasteiger partial charge in [-0.1, -0.05) is 5.21 Å². The summed E-state index contributed by atoms with van der Waals surface area (Å²) in [5, 5.41) is 7.99. The van der Waals surface area contributed by atoms with Gasteiger partial charge in [0.25, 0.3) is 0 Å². The number of hydrogen-bond donors (Lipinski definition) is 1.